The van der Waals surface area contributed by atoms with Crippen LogP contribution >= 0.6 is 11.8 Å². The molecule has 0 saturated carbocycles. The molecule has 5 nitrogen and oxygen atoms in total. The lowest BCUT2D eigenvalue weighted by molar-refractivity contribution is 0.611. The normalized spacial score (nSPS) is 12.9. The number of hydrogen-bond donors (Lipinski definition) is 0. The Bertz CT molecular complexity index is 761. The fourth-order valence-corrected chi connectivity index (χ4v) is 2.93. The van der Waals surface area contributed by atoms with E-state index in [1.54, 1.807) is 0 Å². The highest BCUT2D eigenvalue weighted by Crippen LogP contribution is 2.19. The molecular formula is C16H21N5S. The van der Waals surface area contributed by atoms with Gasteiger partial charge in [-0.05, 0) is 19.2 Å². The summed E-state index contributed by atoms with van der Waals surface area (Å²) in [7, 11) is 0. The minimum atomic E-state index is 0.560. The summed E-state index contributed by atoms with van der Waals surface area (Å²) >= 11 is 1.85. The molecule has 3 aromatic rings. The number of thioether (sulfide) groups is 1. The van der Waals surface area contributed by atoms with E-state index in [0.29, 0.717) is 11.8 Å². The molecule has 0 N–H and O–H groups in total. The number of aryl methyl sites for hydroxylation is 1. The lowest BCUT2D eigenvalue weighted by Crippen LogP contribution is -2.03. The van der Waals surface area contributed by atoms with E-state index in [9.17, 15) is 0 Å². The third kappa shape index (κ3) is 3.02. The predicted molar refractivity (Wildman–Crippen MR) is 91.2 cm³/mol. The molecule has 1 unspecified atom stereocenters. The molecule has 0 aliphatic heterocycles. The fraction of sp³-hybridized carbons (Fsp3) is 0.438. The molecule has 1 atom stereocenters. The molecule has 0 amide bonds. The zero-order valence-electron chi connectivity index (χ0n) is 13.2. The first-order valence-electron chi connectivity index (χ1n) is 7.57. The first-order chi connectivity index (χ1) is 10.7. The predicted octanol–water partition coefficient (Wildman–Crippen LogP) is 2.99. The molecule has 6 heteroatoms. The number of benzene rings is 1. The maximum absolute atomic E-state index is 4.71. The molecule has 0 radical (unpaired) electrons. The van der Waals surface area contributed by atoms with E-state index in [2.05, 4.69) is 54.7 Å². The van der Waals surface area contributed by atoms with Gasteiger partial charge < -0.3 is 0 Å². The van der Waals surface area contributed by atoms with Gasteiger partial charge in [0.15, 0.2) is 0 Å². The third-order valence-corrected chi connectivity index (χ3v) is 4.80. The van der Waals surface area contributed by atoms with Crippen LogP contribution in [0.3, 0.4) is 0 Å². The largest absolute Gasteiger partial charge is 0.265 e. The van der Waals surface area contributed by atoms with Gasteiger partial charge in [0.05, 0.1) is 23.4 Å². The van der Waals surface area contributed by atoms with Gasteiger partial charge >= 0.3 is 0 Å². The molecule has 0 bridgehead atoms. The summed E-state index contributed by atoms with van der Waals surface area (Å²) in [6.07, 6.45) is 5.11. The fourth-order valence-electron chi connectivity index (χ4n) is 2.59. The van der Waals surface area contributed by atoms with Gasteiger partial charge in [0.25, 0.3) is 0 Å². The average Bonchev–Trinajstić information content (AvgIpc) is 3.12. The molecule has 0 spiro atoms. The molecule has 0 saturated heterocycles. The van der Waals surface area contributed by atoms with Crippen LogP contribution in [0.25, 0.3) is 10.9 Å². The van der Waals surface area contributed by atoms with Crippen LogP contribution < -0.4 is 0 Å². The zero-order valence-corrected chi connectivity index (χ0v) is 14.0. The van der Waals surface area contributed by atoms with Crippen molar-refractivity contribution in [1.29, 1.82) is 0 Å². The molecule has 0 fully saturated rings. The molecule has 22 heavy (non-hydrogen) atoms. The van der Waals surface area contributed by atoms with E-state index in [1.807, 2.05) is 27.3 Å². The van der Waals surface area contributed by atoms with Crippen molar-refractivity contribution in [2.24, 2.45) is 0 Å². The monoisotopic (exact) mass is 315 g/mol. The van der Waals surface area contributed by atoms with Crippen LogP contribution in [0.15, 0.2) is 30.5 Å². The van der Waals surface area contributed by atoms with E-state index in [-0.39, 0.29) is 0 Å². The summed E-state index contributed by atoms with van der Waals surface area (Å²) in [5.74, 6) is 0. The molecule has 116 valence electrons. The maximum atomic E-state index is 4.71. The Morgan fingerprint density at radius 1 is 1.27 bits per heavy atom. The van der Waals surface area contributed by atoms with Crippen molar-refractivity contribution in [3.63, 3.8) is 0 Å². The summed E-state index contributed by atoms with van der Waals surface area (Å²) in [6, 6.07) is 8.34. The SMILES string of the molecule is CCn1nc(Cn2cc(CC(C)SC)nn2)c2ccccc21. The molecule has 2 aromatic heterocycles. The lowest BCUT2D eigenvalue weighted by Gasteiger charge is -2.03. The minimum absolute atomic E-state index is 0.560. The number of para-hydroxylation sites is 1. The standard InChI is InChI=1S/C16H21N5S/c1-4-21-16-8-6-5-7-14(16)15(18-21)11-20-10-13(17-19-20)9-12(2)22-3/h5-8,10,12H,4,9,11H2,1-3H3. The Morgan fingerprint density at radius 3 is 2.86 bits per heavy atom. The first-order valence-corrected chi connectivity index (χ1v) is 8.86. The summed E-state index contributed by atoms with van der Waals surface area (Å²) < 4.78 is 3.93. The maximum Gasteiger partial charge on any atom is 0.0918 e. The lowest BCUT2D eigenvalue weighted by atomic mass is 10.2. The summed E-state index contributed by atoms with van der Waals surface area (Å²) in [4.78, 5) is 0. The number of hydrogen-bond acceptors (Lipinski definition) is 4. The first kappa shape index (κ1) is 15.1. The second-order valence-corrected chi connectivity index (χ2v) is 6.71. The molecular weight excluding hydrogens is 294 g/mol. The second kappa shape index (κ2) is 6.52. The van der Waals surface area contributed by atoms with Gasteiger partial charge in [0, 0.05) is 29.8 Å². The number of aromatic nitrogens is 5. The van der Waals surface area contributed by atoms with Gasteiger partial charge in [0.1, 0.15) is 0 Å². The minimum Gasteiger partial charge on any atom is -0.265 e. The molecule has 3 rings (SSSR count). The molecule has 1 aromatic carbocycles. The van der Waals surface area contributed by atoms with E-state index < -0.39 is 0 Å². The zero-order chi connectivity index (χ0) is 15.5. The Morgan fingerprint density at radius 2 is 2.09 bits per heavy atom. The van der Waals surface area contributed by atoms with Crippen molar-refractivity contribution in [3.8, 4) is 0 Å². The van der Waals surface area contributed by atoms with E-state index in [4.69, 9.17) is 5.10 Å². The highest BCUT2D eigenvalue weighted by atomic mass is 32.2. The van der Waals surface area contributed by atoms with Crippen molar-refractivity contribution in [1.82, 2.24) is 24.8 Å². The van der Waals surface area contributed by atoms with Crippen LogP contribution in [0.1, 0.15) is 25.2 Å². The van der Waals surface area contributed by atoms with E-state index in [1.165, 1.54) is 10.9 Å². The van der Waals surface area contributed by atoms with Crippen LogP contribution in [0.2, 0.25) is 0 Å². The van der Waals surface area contributed by atoms with Crippen molar-refractivity contribution >= 4 is 22.7 Å². The van der Waals surface area contributed by atoms with Gasteiger partial charge in [-0.1, -0.05) is 30.3 Å². The summed E-state index contributed by atoms with van der Waals surface area (Å²) in [5.41, 5.74) is 3.27. The van der Waals surface area contributed by atoms with Crippen molar-refractivity contribution < 1.29 is 0 Å². The van der Waals surface area contributed by atoms with Gasteiger partial charge in [-0.2, -0.15) is 16.9 Å². The van der Waals surface area contributed by atoms with E-state index in [0.717, 1.165) is 24.4 Å². The number of rotatable bonds is 6. The number of nitrogens with zero attached hydrogens (tertiary/aromatic N) is 5. The van der Waals surface area contributed by atoms with Crippen LogP contribution in [0.5, 0.6) is 0 Å². The van der Waals surface area contributed by atoms with Crippen LogP contribution in [0, 0.1) is 0 Å². The highest BCUT2D eigenvalue weighted by molar-refractivity contribution is 7.99. The summed E-state index contributed by atoms with van der Waals surface area (Å²) in [5, 5.41) is 15.0. The van der Waals surface area contributed by atoms with Crippen LogP contribution in [-0.2, 0) is 19.5 Å². The Labute approximate surface area is 134 Å². The Balaban J connectivity index is 1.84. The van der Waals surface area contributed by atoms with Crippen molar-refractivity contribution in [3.05, 3.63) is 41.9 Å². The topological polar surface area (TPSA) is 48.5 Å². The Hall–Kier alpha value is -1.82. The highest BCUT2D eigenvalue weighted by Gasteiger charge is 2.11. The smallest absolute Gasteiger partial charge is 0.0918 e. The molecule has 2 heterocycles. The Kier molecular flexibility index (Phi) is 4.47. The molecule has 0 aliphatic rings. The van der Waals surface area contributed by atoms with Gasteiger partial charge in [-0.25, -0.2) is 4.68 Å². The number of fused-ring (bicyclic) bond motifs is 1. The second-order valence-electron chi connectivity index (χ2n) is 5.44. The molecule has 0 aliphatic carbocycles. The van der Waals surface area contributed by atoms with Gasteiger partial charge in [-0.15, -0.1) is 5.10 Å². The van der Waals surface area contributed by atoms with Gasteiger partial charge in [-0.3, -0.25) is 4.68 Å². The van der Waals surface area contributed by atoms with Crippen molar-refractivity contribution in [2.45, 2.75) is 38.6 Å². The average molecular weight is 315 g/mol. The van der Waals surface area contributed by atoms with Crippen molar-refractivity contribution in [2.75, 3.05) is 6.26 Å². The van der Waals surface area contributed by atoms with Crippen LogP contribution in [-0.4, -0.2) is 36.3 Å². The van der Waals surface area contributed by atoms with Gasteiger partial charge in [0.2, 0.25) is 0 Å². The van der Waals surface area contributed by atoms with E-state index >= 15 is 0 Å². The summed E-state index contributed by atoms with van der Waals surface area (Å²) in [6.45, 7) is 5.85. The van der Waals surface area contributed by atoms with Crippen LogP contribution in [0.4, 0.5) is 0 Å². The third-order valence-electron chi connectivity index (χ3n) is 3.83. The quantitative estimate of drug-likeness (QED) is 0.701.